The Morgan fingerprint density at radius 1 is 1.13 bits per heavy atom. The average molecular weight is 428 g/mol. The van der Waals surface area contributed by atoms with Gasteiger partial charge in [0.15, 0.2) is 5.13 Å². The Morgan fingerprint density at radius 2 is 1.97 bits per heavy atom. The molecule has 30 heavy (non-hydrogen) atoms. The Balaban J connectivity index is 1.90. The topological polar surface area (TPSA) is 81.2 Å². The lowest BCUT2D eigenvalue weighted by molar-refractivity contribution is 0.190. The molecule has 0 aliphatic heterocycles. The molecule has 8 heteroatoms. The molecule has 3 aromatic rings. The summed E-state index contributed by atoms with van der Waals surface area (Å²) in [5.41, 5.74) is 2.78. The second kappa shape index (κ2) is 10.4. The van der Waals surface area contributed by atoms with E-state index in [1.807, 2.05) is 30.3 Å². The summed E-state index contributed by atoms with van der Waals surface area (Å²) in [5.74, 6) is 1.64. The highest BCUT2D eigenvalue weighted by Crippen LogP contribution is 2.37. The number of anilines is 3. The van der Waals surface area contributed by atoms with Crippen LogP contribution in [0.5, 0.6) is 5.75 Å². The van der Waals surface area contributed by atoms with E-state index in [9.17, 15) is 0 Å². The molecule has 2 atom stereocenters. The zero-order valence-electron chi connectivity index (χ0n) is 18.1. The van der Waals surface area contributed by atoms with Gasteiger partial charge in [0.05, 0.1) is 30.0 Å². The van der Waals surface area contributed by atoms with Gasteiger partial charge in [-0.25, -0.2) is 15.0 Å². The van der Waals surface area contributed by atoms with Gasteiger partial charge in [0.25, 0.3) is 0 Å². The number of thiazole rings is 1. The summed E-state index contributed by atoms with van der Waals surface area (Å²) in [6, 6.07) is 9.79. The first-order valence-corrected chi connectivity index (χ1v) is 10.9. The lowest BCUT2D eigenvalue weighted by atomic mass is 10.0. The third kappa shape index (κ3) is 5.46. The van der Waals surface area contributed by atoms with Crippen molar-refractivity contribution < 1.29 is 9.47 Å². The van der Waals surface area contributed by atoms with Crippen molar-refractivity contribution in [2.75, 3.05) is 31.5 Å². The largest absolute Gasteiger partial charge is 0.497 e. The van der Waals surface area contributed by atoms with Crippen LogP contribution in [0.25, 0.3) is 10.6 Å². The summed E-state index contributed by atoms with van der Waals surface area (Å²) >= 11 is 1.62. The lowest BCUT2D eigenvalue weighted by Crippen LogP contribution is -2.20. The molecule has 2 aromatic heterocycles. The summed E-state index contributed by atoms with van der Waals surface area (Å²) in [6.45, 7) is 7.06. The van der Waals surface area contributed by atoms with Crippen LogP contribution >= 0.6 is 11.3 Å². The minimum absolute atomic E-state index is 0.175. The van der Waals surface area contributed by atoms with E-state index in [2.05, 4.69) is 36.4 Å². The lowest BCUT2D eigenvalue weighted by Gasteiger charge is -2.11. The molecule has 0 aliphatic carbocycles. The number of methoxy groups -OCH3 is 2. The summed E-state index contributed by atoms with van der Waals surface area (Å²) < 4.78 is 10.5. The molecule has 3 rings (SSSR count). The summed E-state index contributed by atoms with van der Waals surface area (Å²) in [5, 5.41) is 7.57. The molecular weight excluding hydrogens is 398 g/mol. The van der Waals surface area contributed by atoms with E-state index < -0.39 is 0 Å². The van der Waals surface area contributed by atoms with E-state index in [0.717, 1.165) is 39.3 Å². The van der Waals surface area contributed by atoms with Crippen LogP contribution in [-0.4, -0.2) is 41.8 Å². The van der Waals surface area contributed by atoms with Crippen molar-refractivity contribution in [3.05, 3.63) is 42.2 Å². The molecular formula is C22H29N5O2S. The molecule has 0 saturated carbocycles. The summed E-state index contributed by atoms with van der Waals surface area (Å²) in [6.07, 6.45) is 2.77. The number of aromatic nitrogens is 3. The molecule has 2 N–H and O–H groups in total. The molecule has 0 amide bonds. The van der Waals surface area contributed by atoms with Crippen LogP contribution in [0, 0.1) is 0 Å². The number of benzene rings is 1. The van der Waals surface area contributed by atoms with E-state index >= 15 is 0 Å². The van der Waals surface area contributed by atoms with Crippen molar-refractivity contribution in [2.45, 2.75) is 39.2 Å². The van der Waals surface area contributed by atoms with Gasteiger partial charge in [0.2, 0.25) is 5.95 Å². The SMILES string of the molecule is CCC(C)c1nc(NC(C)COC)sc1-c1ccnc(Nc2cccc(OC)c2)n1. The maximum atomic E-state index is 5.29. The first-order chi connectivity index (χ1) is 14.5. The predicted octanol–water partition coefficient (Wildman–Crippen LogP) is 5.31. The Morgan fingerprint density at radius 3 is 2.70 bits per heavy atom. The van der Waals surface area contributed by atoms with Gasteiger partial charge in [-0.2, -0.15) is 0 Å². The van der Waals surface area contributed by atoms with Gasteiger partial charge in [-0.05, 0) is 37.5 Å². The van der Waals surface area contributed by atoms with Crippen molar-refractivity contribution in [3.8, 4) is 16.3 Å². The van der Waals surface area contributed by atoms with Crippen molar-refractivity contribution >= 4 is 28.1 Å². The molecule has 0 radical (unpaired) electrons. The highest BCUT2D eigenvalue weighted by atomic mass is 32.1. The fourth-order valence-electron chi connectivity index (χ4n) is 2.98. The first kappa shape index (κ1) is 22.0. The highest BCUT2D eigenvalue weighted by molar-refractivity contribution is 7.19. The summed E-state index contributed by atoms with van der Waals surface area (Å²) in [7, 11) is 3.35. The quantitative estimate of drug-likeness (QED) is 0.453. The van der Waals surface area contributed by atoms with Crippen LogP contribution < -0.4 is 15.4 Å². The van der Waals surface area contributed by atoms with Crippen LogP contribution in [-0.2, 0) is 4.74 Å². The van der Waals surface area contributed by atoms with E-state index in [-0.39, 0.29) is 6.04 Å². The van der Waals surface area contributed by atoms with Gasteiger partial charge in [0, 0.05) is 31.1 Å². The van der Waals surface area contributed by atoms with Gasteiger partial charge in [-0.1, -0.05) is 31.3 Å². The van der Waals surface area contributed by atoms with Crippen molar-refractivity contribution in [1.29, 1.82) is 0 Å². The van der Waals surface area contributed by atoms with Gasteiger partial charge >= 0.3 is 0 Å². The average Bonchev–Trinajstić information content (AvgIpc) is 3.17. The number of nitrogens with one attached hydrogen (secondary N) is 2. The van der Waals surface area contributed by atoms with Crippen LogP contribution in [0.1, 0.15) is 38.8 Å². The minimum atomic E-state index is 0.175. The molecule has 2 unspecified atom stereocenters. The third-order valence-electron chi connectivity index (χ3n) is 4.73. The summed E-state index contributed by atoms with van der Waals surface area (Å²) in [4.78, 5) is 15.1. The number of ether oxygens (including phenoxy) is 2. The molecule has 0 saturated heterocycles. The third-order valence-corrected chi connectivity index (χ3v) is 5.76. The molecule has 1 aromatic carbocycles. The van der Waals surface area contributed by atoms with Gasteiger partial charge in [-0.3, -0.25) is 0 Å². The van der Waals surface area contributed by atoms with Crippen molar-refractivity contribution in [1.82, 2.24) is 15.0 Å². The smallest absolute Gasteiger partial charge is 0.227 e. The van der Waals surface area contributed by atoms with Gasteiger partial charge in [-0.15, -0.1) is 0 Å². The van der Waals surface area contributed by atoms with Gasteiger partial charge < -0.3 is 20.1 Å². The van der Waals surface area contributed by atoms with Crippen LogP contribution in [0.4, 0.5) is 16.8 Å². The van der Waals surface area contributed by atoms with Crippen molar-refractivity contribution in [2.24, 2.45) is 0 Å². The first-order valence-electron chi connectivity index (χ1n) is 10.0. The Labute approximate surface area is 181 Å². The Hall–Kier alpha value is -2.71. The molecule has 0 aliphatic rings. The Kier molecular flexibility index (Phi) is 7.59. The maximum Gasteiger partial charge on any atom is 0.227 e. The fraction of sp³-hybridized carbons (Fsp3) is 0.409. The molecule has 0 bridgehead atoms. The van der Waals surface area contributed by atoms with Crippen LogP contribution in [0.15, 0.2) is 36.5 Å². The highest BCUT2D eigenvalue weighted by Gasteiger charge is 2.20. The van der Waals surface area contributed by atoms with E-state index in [1.54, 1.807) is 31.8 Å². The standard InChI is InChI=1S/C22H29N5O2S/c1-6-14(2)19-20(30-22(27-19)24-15(3)13-28-4)18-10-11-23-21(26-18)25-16-8-7-9-17(12-16)29-5/h7-12,14-15H,6,13H2,1-5H3,(H,24,27)(H,23,25,26). The minimum Gasteiger partial charge on any atom is -0.497 e. The Bertz CT molecular complexity index is 962. The molecule has 2 heterocycles. The molecule has 160 valence electrons. The second-order valence-electron chi connectivity index (χ2n) is 7.17. The monoisotopic (exact) mass is 427 g/mol. The van der Waals surface area contributed by atoms with E-state index in [1.165, 1.54) is 0 Å². The molecule has 0 spiro atoms. The number of hydrogen-bond acceptors (Lipinski definition) is 8. The maximum absolute atomic E-state index is 5.29. The van der Waals surface area contributed by atoms with Crippen LogP contribution in [0.3, 0.4) is 0 Å². The van der Waals surface area contributed by atoms with E-state index in [0.29, 0.717) is 18.5 Å². The fourth-order valence-corrected chi connectivity index (χ4v) is 4.15. The zero-order valence-corrected chi connectivity index (χ0v) is 18.9. The normalized spacial score (nSPS) is 13.0. The van der Waals surface area contributed by atoms with Crippen LogP contribution in [0.2, 0.25) is 0 Å². The van der Waals surface area contributed by atoms with E-state index in [4.69, 9.17) is 19.4 Å². The number of rotatable bonds is 10. The molecule has 0 fully saturated rings. The number of hydrogen-bond donors (Lipinski definition) is 2. The molecule has 7 nitrogen and oxygen atoms in total. The zero-order chi connectivity index (χ0) is 21.5. The number of nitrogens with zero attached hydrogens (tertiary/aromatic N) is 3. The van der Waals surface area contributed by atoms with Gasteiger partial charge in [0.1, 0.15) is 5.75 Å². The van der Waals surface area contributed by atoms with Crippen molar-refractivity contribution in [3.63, 3.8) is 0 Å². The second-order valence-corrected chi connectivity index (χ2v) is 8.16. The predicted molar refractivity (Wildman–Crippen MR) is 123 cm³/mol.